The van der Waals surface area contributed by atoms with Crippen LogP contribution in [0.25, 0.3) is 10.8 Å². The highest BCUT2D eigenvalue weighted by Gasteiger charge is 2.22. The van der Waals surface area contributed by atoms with Crippen molar-refractivity contribution in [3.63, 3.8) is 0 Å². The van der Waals surface area contributed by atoms with Crippen LogP contribution in [0.1, 0.15) is 43.4 Å². The van der Waals surface area contributed by atoms with Crippen molar-refractivity contribution in [3.8, 4) is 0 Å². The number of rotatable bonds is 9. The molecule has 0 bridgehead atoms. The second-order valence-electron chi connectivity index (χ2n) is 8.10. The van der Waals surface area contributed by atoms with Crippen LogP contribution >= 0.6 is 0 Å². The molecule has 0 aliphatic heterocycles. The number of hydrogen-bond donors (Lipinski definition) is 4. The van der Waals surface area contributed by atoms with E-state index in [1.54, 1.807) is 0 Å². The van der Waals surface area contributed by atoms with Crippen LogP contribution in [0.2, 0.25) is 0 Å². The molecule has 3 aromatic carbocycles. The first-order valence-corrected chi connectivity index (χ1v) is 11.1. The third kappa shape index (κ3) is 6.31. The summed E-state index contributed by atoms with van der Waals surface area (Å²) in [6.45, 7) is 4.48. The Morgan fingerprint density at radius 2 is 1.62 bits per heavy atom. The molecule has 3 amide bonds. The molecule has 0 spiro atoms. The number of aryl methyl sites for hydroxylation is 1. The number of carbonyl (C=O) groups is 2. The van der Waals surface area contributed by atoms with Gasteiger partial charge in [0, 0.05) is 5.69 Å². The van der Waals surface area contributed by atoms with Gasteiger partial charge < -0.3 is 21.7 Å². The smallest absolute Gasteiger partial charge is 0.315 e. The van der Waals surface area contributed by atoms with Gasteiger partial charge in [-0.15, -0.1) is 0 Å². The Bertz CT molecular complexity index is 1040. The van der Waals surface area contributed by atoms with Crippen molar-refractivity contribution in [1.29, 1.82) is 0 Å². The van der Waals surface area contributed by atoms with Crippen molar-refractivity contribution in [2.24, 2.45) is 5.73 Å². The van der Waals surface area contributed by atoms with E-state index in [2.05, 4.69) is 28.1 Å². The Kier molecular flexibility index (Phi) is 8.22. The van der Waals surface area contributed by atoms with Gasteiger partial charge in [0.1, 0.15) is 6.04 Å². The van der Waals surface area contributed by atoms with E-state index in [-0.39, 0.29) is 18.0 Å². The van der Waals surface area contributed by atoms with Crippen molar-refractivity contribution in [2.75, 3.05) is 11.9 Å². The number of carbonyl (C=O) groups excluding carboxylic acids is 2. The molecule has 0 aliphatic rings. The van der Waals surface area contributed by atoms with Crippen molar-refractivity contribution < 1.29 is 9.59 Å². The fourth-order valence-electron chi connectivity index (χ4n) is 3.73. The molecule has 0 saturated carbocycles. The lowest BCUT2D eigenvalue weighted by Gasteiger charge is -2.22. The number of benzene rings is 3. The summed E-state index contributed by atoms with van der Waals surface area (Å²) in [5, 5.41) is 10.9. The molecule has 0 unspecified atom stereocenters. The number of hydrogen-bond acceptors (Lipinski definition) is 3. The van der Waals surface area contributed by atoms with Crippen molar-refractivity contribution >= 4 is 28.4 Å². The largest absolute Gasteiger partial charge is 0.332 e. The third-order valence-electron chi connectivity index (χ3n) is 5.53. The average molecular weight is 433 g/mol. The van der Waals surface area contributed by atoms with Gasteiger partial charge >= 0.3 is 6.03 Å². The molecule has 2 atom stereocenters. The summed E-state index contributed by atoms with van der Waals surface area (Å²) >= 11 is 0. The van der Waals surface area contributed by atoms with E-state index in [9.17, 15) is 9.59 Å². The number of nitrogens with one attached hydrogen (secondary N) is 3. The molecule has 0 saturated heterocycles. The van der Waals surface area contributed by atoms with Crippen LogP contribution in [0.15, 0.2) is 66.7 Å². The molecule has 0 fully saturated rings. The lowest BCUT2D eigenvalue weighted by Crippen LogP contribution is -2.48. The van der Waals surface area contributed by atoms with Crippen LogP contribution in [0.3, 0.4) is 0 Å². The van der Waals surface area contributed by atoms with Gasteiger partial charge in [-0.2, -0.15) is 0 Å². The van der Waals surface area contributed by atoms with Gasteiger partial charge in [0.2, 0.25) is 5.91 Å². The number of urea groups is 1. The highest BCUT2D eigenvalue weighted by molar-refractivity contribution is 5.97. The van der Waals surface area contributed by atoms with E-state index in [0.29, 0.717) is 18.7 Å². The number of amides is 3. The van der Waals surface area contributed by atoms with Crippen LogP contribution in [-0.4, -0.2) is 24.5 Å². The van der Waals surface area contributed by atoms with Crippen molar-refractivity contribution in [3.05, 3.63) is 77.9 Å². The summed E-state index contributed by atoms with van der Waals surface area (Å²) in [5.41, 5.74) is 8.45. The molecule has 3 rings (SSSR count). The van der Waals surface area contributed by atoms with Gasteiger partial charge in [0.25, 0.3) is 0 Å². The van der Waals surface area contributed by atoms with Crippen LogP contribution in [0.4, 0.5) is 10.5 Å². The van der Waals surface area contributed by atoms with Gasteiger partial charge in [-0.1, -0.05) is 60.2 Å². The minimum absolute atomic E-state index is 0.217. The Hall–Kier alpha value is -3.38. The SMILES string of the molecule is Cc1ccc(NC(=O)[C@H](CCCCN)NC(=O)N[C@@H](C)c2cccc3ccccc23)cc1. The minimum atomic E-state index is -0.650. The Labute approximate surface area is 189 Å². The maximum absolute atomic E-state index is 12.9. The van der Waals surface area contributed by atoms with E-state index in [1.807, 2.05) is 68.4 Å². The molecule has 0 aliphatic carbocycles. The summed E-state index contributed by atoms with van der Waals surface area (Å²) in [5.74, 6) is -0.237. The van der Waals surface area contributed by atoms with Crippen LogP contribution in [0.5, 0.6) is 0 Å². The van der Waals surface area contributed by atoms with Gasteiger partial charge in [0.15, 0.2) is 0 Å². The molecule has 5 N–H and O–H groups in total. The number of anilines is 1. The maximum Gasteiger partial charge on any atom is 0.315 e. The van der Waals surface area contributed by atoms with E-state index < -0.39 is 6.04 Å². The van der Waals surface area contributed by atoms with Gasteiger partial charge in [-0.25, -0.2) is 4.79 Å². The first-order valence-electron chi connectivity index (χ1n) is 11.1. The molecular weight excluding hydrogens is 400 g/mol. The monoisotopic (exact) mass is 432 g/mol. The molecule has 32 heavy (non-hydrogen) atoms. The zero-order valence-electron chi connectivity index (χ0n) is 18.7. The highest BCUT2D eigenvalue weighted by atomic mass is 16.2. The molecular formula is C26H32N4O2. The van der Waals surface area contributed by atoms with E-state index in [4.69, 9.17) is 5.73 Å². The molecule has 6 nitrogen and oxygen atoms in total. The Morgan fingerprint density at radius 1 is 0.906 bits per heavy atom. The topological polar surface area (TPSA) is 96.2 Å². The van der Waals surface area contributed by atoms with Crippen molar-refractivity contribution in [2.45, 2.75) is 45.2 Å². The summed E-state index contributed by atoms with van der Waals surface area (Å²) in [7, 11) is 0. The summed E-state index contributed by atoms with van der Waals surface area (Å²) in [6, 6.07) is 20.5. The van der Waals surface area contributed by atoms with Crippen LogP contribution in [0, 0.1) is 6.92 Å². The van der Waals surface area contributed by atoms with E-state index >= 15 is 0 Å². The van der Waals surface area contributed by atoms with Gasteiger partial charge in [-0.3, -0.25) is 4.79 Å². The lowest BCUT2D eigenvalue weighted by molar-refractivity contribution is -0.118. The second kappa shape index (κ2) is 11.3. The molecule has 6 heteroatoms. The van der Waals surface area contributed by atoms with E-state index in [1.165, 1.54) is 0 Å². The predicted molar refractivity (Wildman–Crippen MR) is 131 cm³/mol. The quantitative estimate of drug-likeness (QED) is 0.371. The summed E-state index contributed by atoms with van der Waals surface area (Å²) < 4.78 is 0. The fraction of sp³-hybridized carbons (Fsp3) is 0.308. The minimum Gasteiger partial charge on any atom is -0.332 e. The zero-order chi connectivity index (χ0) is 22.9. The standard InChI is InChI=1S/C26H32N4O2/c1-18-13-15-21(16-14-18)29-25(31)24(12-5-6-17-27)30-26(32)28-19(2)22-11-7-9-20-8-3-4-10-23(20)22/h3-4,7-11,13-16,19,24H,5-6,12,17,27H2,1-2H3,(H,29,31)(H2,28,30,32)/t19-,24-/m0/s1. The first-order chi connectivity index (χ1) is 15.5. The zero-order valence-corrected chi connectivity index (χ0v) is 18.7. The van der Waals surface area contributed by atoms with Crippen molar-refractivity contribution in [1.82, 2.24) is 10.6 Å². The fourth-order valence-corrected chi connectivity index (χ4v) is 3.73. The predicted octanol–water partition coefficient (Wildman–Crippen LogP) is 4.64. The molecule has 168 valence electrons. The van der Waals surface area contributed by atoms with Crippen LogP contribution in [-0.2, 0) is 4.79 Å². The Balaban J connectivity index is 1.66. The number of nitrogens with two attached hydrogens (primary N) is 1. The summed E-state index contributed by atoms with van der Waals surface area (Å²) in [6.07, 6.45) is 2.07. The second-order valence-corrected chi connectivity index (χ2v) is 8.10. The van der Waals surface area contributed by atoms with Gasteiger partial charge in [0.05, 0.1) is 6.04 Å². The number of fused-ring (bicyclic) bond motifs is 1. The first kappa shape index (κ1) is 23.3. The maximum atomic E-state index is 12.9. The average Bonchev–Trinajstić information content (AvgIpc) is 2.79. The van der Waals surface area contributed by atoms with Crippen LogP contribution < -0.4 is 21.7 Å². The molecule has 0 heterocycles. The van der Waals surface area contributed by atoms with Gasteiger partial charge in [-0.05, 0) is 68.1 Å². The lowest BCUT2D eigenvalue weighted by atomic mass is 10.00. The highest BCUT2D eigenvalue weighted by Crippen LogP contribution is 2.24. The molecule has 0 radical (unpaired) electrons. The third-order valence-corrected chi connectivity index (χ3v) is 5.53. The normalized spacial score (nSPS) is 12.7. The van der Waals surface area contributed by atoms with E-state index in [0.717, 1.165) is 34.7 Å². The molecule has 3 aromatic rings. The summed E-state index contributed by atoms with van der Waals surface area (Å²) in [4.78, 5) is 25.7. The molecule has 0 aromatic heterocycles. The Morgan fingerprint density at radius 3 is 2.38 bits per heavy atom. The number of unbranched alkanes of at least 4 members (excludes halogenated alkanes) is 1.